The predicted molar refractivity (Wildman–Crippen MR) is 100 cm³/mol. The first kappa shape index (κ1) is 14.6. The minimum Gasteiger partial charge on any atom is -0.497 e. The van der Waals surface area contributed by atoms with E-state index in [2.05, 4.69) is 73.7 Å². The summed E-state index contributed by atoms with van der Waals surface area (Å²) < 4.78 is 7.79. The van der Waals surface area contributed by atoms with Gasteiger partial charge in [-0.15, -0.1) is 0 Å². The molecule has 2 nitrogen and oxygen atoms in total. The smallest absolute Gasteiger partial charge is 0.120 e. The first-order valence-corrected chi connectivity index (χ1v) is 11.8. The van der Waals surface area contributed by atoms with E-state index in [0.29, 0.717) is 5.54 Å². The van der Waals surface area contributed by atoms with E-state index in [0.717, 1.165) is 5.75 Å². The van der Waals surface area contributed by atoms with Crippen LogP contribution < -0.4 is 4.74 Å². The molecule has 1 unspecified atom stereocenters. The van der Waals surface area contributed by atoms with E-state index >= 15 is 0 Å². The van der Waals surface area contributed by atoms with Gasteiger partial charge in [-0.3, -0.25) is 0 Å². The summed E-state index contributed by atoms with van der Waals surface area (Å²) in [5, 5.41) is 1.38. The summed E-state index contributed by atoms with van der Waals surface area (Å²) in [4.78, 5) is 0. The largest absolute Gasteiger partial charge is 0.497 e. The van der Waals surface area contributed by atoms with Gasteiger partial charge in [0.15, 0.2) is 0 Å². The van der Waals surface area contributed by atoms with E-state index in [4.69, 9.17) is 4.74 Å². The van der Waals surface area contributed by atoms with Crippen LogP contribution in [0.15, 0.2) is 42.5 Å². The average Bonchev–Trinajstić information content (AvgIpc) is 3.00. The molecule has 0 aliphatic heterocycles. The Morgan fingerprint density at radius 1 is 1.04 bits per heavy atom. The van der Waals surface area contributed by atoms with Crippen LogP contribution in [0.2, 0.25) is 19.6 Å². The van der Waals surface area contributed by atoms with Crippen molar-refractivity contribution in [3.8, 4) is 17.0 Å². The summed E-state index contributed by atoms with van der Waals surface area (Å²) >= 11 is 0. The lowest BCUT2D eigenvalue weighted by atomic mass is 10.1. The number of nitrogens with zero attached hydrogens (tertiary/aromatic N) is 1. The Morgan fingerprint density at radius 3 is 2.48 bits per heavy atom. The lowest BCUT2D eigenvalue weighted by Crippen LogP contribution is -2.30. The number of hydrogen-bond donors (Lipinski definition) is 0. The number of methoxy groups -OCH3 is 1. The Balaban J connectivity index is 2.13. The van der Waals surface area contributed by atoms with Gasteiger partial charge in [0.05, 0.1) is 26.4 Å². The summed E-state index contributed by atoms with van der Waals surface area (Å²) in [5.74, 6) is 0.926. The van der Waals surface area contributed by atoms with Gasteiger partial charge in [-0.25, -0.2) is 0 Å². The molecule has 0 bridgehead atoms. The lowest BCUT2D eigenvalue weighted by Gasteiger charge is -2.27. The first-order valence-electron chi connectivity index (χ1n) is 8.19. The maximum atomic E-state index is 5.44. The zero-order chi connectivity index (χ0) is 16.4. The summed E-state index contributed by atoms with van der Waals surface area (Å²) in [6.45, 7) is 7.43. The number of fused-ring (bicyclic) bond motifs is 5. The van der Waals surface area contributed by atoms with Gasteiger partial charge in [0.2, 0.25) is 0 Å². The van der Waals surface area contributed by atoms with E-state index in [1.165, 1.54) is 33.3 Å². The molecule has 0 amide bonds. The molecule has 0 saturated carbocycles. The van der Waals surface area contributed by atoms with Crippen LogP contribution in [0, 0.1) is 0 Å². The van der Waals surface area contributed by atoms with Gasteiger partial charge in [-0.05, 0) is 23.3 Å². The third-order valence-corrected chi connectivity index (χ3v) is 7.46. The second-order valence-corrected chi connectivity index (χ2v) is 12.9. The summed E-state index contributed by atoms with van der Waals surface area (Å²) in [6.07, 6.45) is 0. The molecule has 4 rings (SSSR count). The van der Waals surface area contributed by atoms with Gasteiger partial charge in [0, 0.05) is 29.6 Å². The number of aryl methyl sites for hydroxylation is 1. The number of rotatable bonds is 2. The summed E-state index contributed by atoms with van der Waals surface area (Å²) in [7, 11) is 2.52. The highest BCUT2D eigenvalue weighted by atomic mass is 28.3. The summed E-state index contributed by atoms with van der Waals surface area (Å²) in [6, 6.07) is 15.4. The number of aromatic nitrogens is 1. The van der Waals surface area contributed by atoms with Crippen LogP contribution in [-0.4, -0.2) is 19.8 Å². The fourth-order valence-corrected chi connectivity index (χ4v) is 6.55. The van der Waals surface area contributed by atoms with Crippen LogP contribution in [-0.2, 0) is 7.05 Å². The van der Waals surface area contributed by atoms with Crippen molar-refractivity contribution in [1.29, 1.82) is 0 Å². The maximum absolute atomic E-state index is 5.44. The van der Waals surface area contributed by atoms with Gasteiger partial charge in [0.25, 0.3) is 0 Å². The van der Waals surface area contributed by atoms with E-state index in [1.807, 2.05) is 0 Å². The molecule has 118 valence electrons. The SMILES string of the molecule is COc1ccc2c3c(n(C)c2c1)-c1ccccc1C3[Si](C)(C)C. The monoisotopic (exact) mass is 321 g/mol. The van der Waals surface area contributed by atoms with Gasteiger partial charge < -0.3 is 9.30 Å². The quantitative estimate of drug-likeness (QED) is 0.593. The normalized spacial score (nSPS) is 16.5. The van der Waals surface area contributed by atoms with Crippen LogP contribution in [0.5, 0.6) is 5.75 Å². The van der Waals surface area contributed by atoms with E-state index in [9.17, 15) is 0 Å². The Morgan fingerprint density at radius 2 is 1.78 bits per heavy atom. The molecule has 1 aromatic heterocycles. The second kappa shape index (κ2) is 4.75. The molecule has 2 aromatic carbocycles. The van der Waals surface area contributed by atoms with Crippen LogP contribution in [0.25, 0.3) is 22.2 Å². The van der Waals surface area contributed by atoms with E-state index in [1.54, 1.807) is 7.11 Å². The lowest BCUT2D eigenvalue weighted by molar-refractivity contribution is 0.415. The zero-order valence-electron chi connectivity index (χ0n) is 14.5. The zero-order valence-corrected chi connectivity index (χ0v) is 15.5. The van der Waals surface area contributed by atoms with Gasteiger partial charge in [0.1, 0.15) is 5.75 Å². The van der Waals surface area contributed by atoms with E-state index in [-0.39, 0.29) is 0 Å². The van der Waals surface area contributed by atoms with Crippen LogP contribution in [0.1, 0.15) is 16.7 Å². The molecule has 1 aliphatic carbocycles. The highest BCUT2D eigenvalue weighted by Gasteiger charge is 2.40. The minimum absolute atomic E-state index is 0.561. The molecule has 0 N–H and O–H groups in total. The molecule has 0 saturated heterocycles. The maximum Gasteiger partial charge on any atom is 0.120 e. The molecule has 1 atom stereocenters. The fraction of sp³-hybridized carbons (Fsp3) is 0.300. The molecular weight excluding hydrogens is 298 g/mol. The number of ether oxygens (including phenoxy) is 1. The molecule has 0 radical (unpaired) electrons. The van der Waals surface area contributed by atoms with Crippen LogP contribution in [0.3, 0.4) is 0 Å². The first-order chi connectivity index (χ1) is 10.9. The van der Waals surface area contributed by atoms with Crippen molar-refractivity contribution in [2.45, 2.75) is 25.2 Å². The number of hydrogen-bond acceptors (Lipinski definition) is 1. The van der Waals surface area contributed by atoms with Crippen molar-refractivity contribution >= 4 is 19.0 Å². The fourth-order valence-electron chi connectivity index (χ4n) is 4.21. The molecule has 3 heteroatoms. The molecule has 1 aliphatic rings. The minimum atomic E-state index is -1.40. The van der Waals surface area contributed by atoms with E-state index < -0.39 is 8.07 Å². The van der Waals surface area contributed by atoms with Crippen LogP contribution in [0.4, 0.5) is 0 Å². The highest BCUT2D eigenvalue weighted by molar-refractivity contribution is 6.78. The molecule has 1 heterocycles. The Kier molecular flexibility index (Phi) is 3.01. The molecule has 23 heavy (non-hydrogen) atoms. The van der Waals surface area contributed by atoms with Crippen molar-refractivity contribution in [2.24, 2.45) is 7.05 Å². The topological polar surface area (TPSA) is 14.2 Å². The van der Waals surface area contributed by atoms with Gasteiger partial charge >= 0.3 is 0 Å². The molecular formula is C20H23NOSi. The van der Waals surface area contributed by atoms with Crippen LogP contribution >= 0.6 is 0 Å². The standard InChI is InChI=1S/C20H23NOSi/c1-21-17-12-13(22-2)10-11-16(17)18-19(21)14-8-6-7-9-15(14)20(18)23(3,4)5/h6-12,20H,1-5H3. The Bertz CT molecular complexity index is 917. The summed E-state index contributed by atoms with van der Waals surface area (Å²) in [5.41, 5.74) is 7.69. The van der Waals surface area contributed by atoms with Crippen molar-refractivity contribution < 1.29 is 4.74 Å². The van der Waals surface area contributed by atoms with Crippen molar-refractivity contribution in [2.75, 3.05) is 7.11 Å². The second-order valence-electron chi connectivity index (χ2n) is 7.59. The number of benzene rings is 2. The van der Waals surface area contributed by atoms with Crippen molar-refractivity contribution in [3.05, 3.63) is 53.6 Å². The van der Waals surface area contributed by atoms with Gasteiger partial charge in [-0.1, -0.05) is 43.9 Å². The molecule has 3 aromatic rings. The highest BCUT2D eigenvalue weighted by Crippen LogP contribution is 2.52. The van der Waals surface area contributed by atoms with Gasteiger partial charge in [-0.2, -0.15) is 0 Å². The Hall–Kier alpha value is -2.00. The Labute approximate surface area is 138 Å². The predicted octanol–water partition coefficient (Wildman–Crippen LogP) is 5.18. The van der Waals surface area contributed by atoms with Crippen molar-refractivity contribution in [1.82, 2.24) is 4.57 Å². The third-order valence-electron chi connectivity index (χ3n) is 5.13. The van der Waals surface area contributed by atoms with Crippen molar-refractivity contribution in [3.63, 3.8) is 0 Å². The molecule has 0 spiro atoms. The average molecular weight is 321 g/mol. The third kappa shape index (κ3) is 1.93. The molecule has 0 fully saturated rings.